The molecular formula is C15H16N2O2S. The number of anilines is 1. The zero-order chi connectivity index (χ0) is 14.5. The number of nitrogens with one attached hydrogen (secondary N) is 1. The second-order valence-corrected chi connectivity index (χ2v) is 5.60. The molecular weight excluding hydrogens is 272 g/mol. The van der Waals surface area contributed by atoms with Gasteiger partial charge in [0, 0.05) is 23.1 Å². The topological polar surface area (TPSA) is 59.1 Å². The Morgan fingerprint density at radius 1 is 1.25 bits per heavy atom. The van der Waals surface area contributed by atoms with Crippen LogP contribution in [0.2, 0.25) is 0 Å². The maximum absolute atomic E-state index is 11.8. The number of Topliss-reactive ketones (excluding diaryl/α,β-unsaturated/α-hetero) is 1. The van der Waals surface area contributed by atoms with Crippen molar-refractivity contribution in [1.82, 2.24) is 4.98 Å². The molecule has 0 spiro atoms. The lowest BCUT2D eigenvalue weighted by Gasteiger charge is -2.05. The summed E-state index contributed by atoms with van der Waals surface area (Å²) in [6.45, 7) is 3.47. The Morgan fingerprint density at radius 2 is 1.95 bits per heavy atom. The summed E-state index contributed by atoms with van der Waals surface area (Å²) < 4.78 is 0. The van der Waals surface area contributed by atoms with Gasteiger partial charge in [0.15, 0.2) is 5.78 Å². The van der Waals surface area contributed by atoms with Gasteiger partial charge in [0.2, 0.25) is 5.91 Å². The molecule has 0 atom stereocenters. The zero-order valence-electron chi connectivity index (χ0n) is 11.5. The lowest BCUT2D eigenvalue weighted by Crippen LogP contribution is -2.12. The van der Waals surface area contributed by atoms with E-state index in [1.807, 2.05) is 12.3 Å². The lowest BCUT2D eigenvalue weighted by molar-refractivity contribution is -0.116. The first-order valence-electron chi connectivity index (χ1n) is 6.36. The number of carbonyl (C=O) groups is 2. The van der Waals surface area contributed by atoms with Crippen molar-refractivity contribution in [2.45, 2.75) is 26.7 Å². The van der Waals surface area contributed by atoms with E-state index in [1.54, 1.807) is 35.6 Å². The first kappa shape index (κ1) is 14.4. The molecule has 0 unspecified atom stereocenters. The molecule has 0 radical (unpaired) electrons. The van der Waals surface area contributed by atoms with Crippen LogP contribution in [0.3, 0.4) is 0 Å². The molecule has 20 heavy (non-hydrogen) atoms. The number of carbonyl (C=O) groups excluding carboxylic acids is 2. The van der Waals surface area contributed by atoms with Gasteiger partial charge in [0.1, 0.15) is 0 Å². The van der Waals surface area contributed by atoms with Crippen LogP contribution in [0.4, 0.5) is 5.69 Å². The molecule has 0 saturated carbocycles. The number of ketones is 1. The van der Waals surface area contributed by atoms with Crippen molar-refractivity contribution in [2.75, 3.05) is 5.32 Å². The monoisotopic (exact) mass is 288 g/mol. The fraction of sp³-hybridized carbons (Fsp3) is 0.267. The number of aromatic nitrogens is 1. The van der Waals surface area contributed by atoms with Crippen molar-refractivity contribution in [3.8, 4) is 0 Å². The fourth-order valence-electron chi connectivity index (χ4n) is 1.78. The number of rotatable bonds is 5. The highest BCUT2D eigenvalue weighted by molar-refractivity contribution is 7.09. The van der Waals surface area contributed by atoms with Gasteiger partial charge in [-0.25, -0.2) is 4.98 Å². The standard InChI is InChI=1S/C15H16N2O2S/c1-10(18)12-3-5-13(6-4-12)17-15(19)8-7-14-9-20-11(2)16-14/h3-6,9H,7-8H2,1-2H3,(H,17,19). The van der Waals surface area contributed by atoms with Gasteiger partial charge in [0.25, 0.3) is 0 Å². The summed E-state index contributed by atoms with van der Waals surface area (Å²) in [5, 5.41) is 5.80. The summed E-state index contributed by atoms with van der Waals surface area (Å²) in [6.07, 6.45) is 1.04. The molecule has 104 valence electrons. The molecule has 0 bridgehead atoms. The van der Waals surface area contributed by atoms with Crippen molar-refractivity contribution >= 4 is 28.7 Å². The van der Waals surface area contributed by atoms with Crippen LogP contribution in [0.5, 0.6) is 0 Å². The Hall–Kier alpha value is -2.01. The number of nitrogens with zero attached hydrogens (tertiary/aromatic N) is 1. The molecule has 0 aliphatic heterocycles. The van der Waals surface area contributed by atoms with E-state index in [1.165, 1.54) is 6.92 Å². The average molecular weight is 288 g/mol. The Bertz CT molecular complexity index is 617. The number of hydrogen-bond acceptors (Lipinski definition) is 4. The summed E-state index contributed by atoms with van der Waals surface area (Å²) in [5.74, 6) is -0.0343. The SMILES string of the molecule is CC(=O)c1ccc(NC(=O)CCc2csc(C)n2)cc1. The lowest BCUT2D eigenvalue weighted by atomic mass is 10.1. The van der Waals surface area contributed by atoms with Crippen molar-refractivity contribution < 1.29 is 9.59 Å². The second kappa shape index (κ2) is 6.43. The summed E-state index contributed by atoms with van der Waals surface area (Å²) in [6, 6.07) is 6.90. The molecule has 1 aromatic heterocycles. The smallest absolute Gasteiger partial charge is 0.224 e. The van der Waals surface area contributed by atoms with Crippen LogP contribution in [-0.4, -0.2) is 16.7 Å². The third-order valence-electron chi connectivity index (χ3n) is 2.85. The van der Waals surface area contributed by atoms with E-state index < -0.39 is 0 Å². The molecule has 2 rings (SSSR count). The van der Waals surface area contributed by atoms with Crippen LogP contribution in [0.15, 0.2) is 29.6 Å². The fourth-order valence-corrected chi connectivity index (χ4v) is 2.42. The van der Waals surface area contributed by atoms with E-state index >= 15 is 0 Å². The summed E-state index contributed by atoms with van der Waals surface area (Å²) >= 11 is 1.59. The van der Waals surface area contributed by atoms with Crippen LogP contribution >= 0.6 is 11.3 Å². The Labute approximate surface area is 121 Å². The van der Waals surface area contributed by atoms with Gasteiger partial charge in [0.05, 0.1) is 10.7 Å². The molecule has 0 saturated heterocycles. The molecule has 0 aliphatic rings. The number of hydrogen-bond donors (Lipinski definition) is 1. The van der Waals surface area contributed by atoms with Gasteiger partial charge in [-0.1, -0.05) is 0 Å². The minimum Gasteiger partial charge on any atom is -0.326 e. The maximum Gasteiger partial charge on any atom is 0.224 e. The number of aryl methyl sites for hydroxylation is 2. The van der Waals surface area contributed by atoms with Crippen molar-refractivity contribution in [3.63, 3.8) is 0 Å². The quantitative estimate of drug-likeness (QED) is 0.859. The molecule has 1 N–H and O–H groups in total. The summed E-state index contributed by atoms with van der Waals surface area (Å²) in [4.78, 5) is 27.3. The Kier molecular flexibility index (Phi) is 4.63. The predicted octanol–water partition coefficient (Wildman–Crippen LogP) is 3.23. The molecule has 2 aromatic rings. The Balaban J connectivity index is 1.86. The van der Waals surface area contributed by atoms with Gasteiger partial charge >= 0.3 is 0 Å². The van der Waals surface area contributed by atoms with Gasteiger partial charge in [-0.3, -0.25) is 9.59 Å². The minimum absolute atomic E-state index is 0.0155. The molecule has 0 aliphatic carbocycles. The summed E-state index contributed by atoms with van der Waals surface area (Å²) in [5.41, 5.74) is 2.30. The molecule has 5 heteroatoms. The first-order chi connectivity index (χ1) is 9.54. The summed E-state index contributed by atoms with van der Waals surface area (Å²) in [7, 11) is 0. The Morgan fingerprint density at radius 3 is 2.50 bits per heavy atom. The van der Waals surface area contributed by atoms with Crippen molar-refractivity contribution in [1.29, 1.82) is 0 Å². The van der Waals surface area contributed by atoms with E-state index in [4.69, 9.17) is 0 Å². The molecule has 4 nitrogen and oxygen atoms in total. The van der Waals surface area contributed by atoms with Gasteiger partial charge in [-0.15, -0.1) is 11.3 Å². The first-order valence-corrected chi connectivity index (χ1v) is 7.24. The predicted molar refractivity (Wildman–Crippen MR) is 80.2 cm³/mol. The van der Waals surface area contributed by atoms with Crippen LogP contribution in [0, 0.1) is 6.92 Å². The molecule has 1 aromatic carbocycles. The van der Waals surface area contributed by atoms with Crippen LogP contribution in [0.1, 0.15) is 34.4 Å². The van der Waals surface area contributed by atoms with Crippen LogP contribution < -0.4 is 5.32 Å². The van der Waals surface area contributed by atoms with Gasteiger partial charge in [-0.05, 0) is 44.5 Å². The largest absolute Gasteiger partial charge is 0.326 e. The molecule has 1 heterocycles. The van der Waals surface area contributed by atoms with E-state index in [0.717, 1.165) is 10.7 Å². The second-order valence-electron chi connectivity index (χ2n) is 4.54. The highest BCUT2D eigenvalue weighted by Crippen LogP contribution is 2.12. The highest BCUT2D eigenvalue weighted by Gasteiger charge is 2.06. The number of benzene rings is 1. The molecule has 0 fully saturated rings. The minimum atomic E-state index is -0.0498. The highest BCUT2D eigenvalue weighted by atomic mass is 32.1. The number of thiazole rings is 1. The van der Waals surface area contributed by atoms with Crippen molar-refractivity contribution in [3.05, 3.63) is 45.9 Å². The van der Waals surface area contributed by atoms with Gasteiger partial charge in [-0.2, -0.15) is 0 Å². The maximum atomic E-state index is 11.8. The average Bonchev–Trinajstić information content (AvgIpc) is 2.83. The van der Waals surface area contributed by atoms with Gasteiger partial charge < -0.3 is 5.32 Å². The van der Waals surface area contributed by atoms with Crippen molar-refractivity contribution in [2.24, 2.45) is 0 Å². The van der Waals surface area contributed by atoms with E-state index in [-0.39, 0.29) is 11.7 Å². The zero-order valence-corrected chi connectivity index (χ0v) is 12.3. The normalized spacial score (nSPS) is 10.3. The van der Waals surface area contributed by atoms with E-state index in [2.05, 4.69) is 10.3 Å². The van der Waals surface area contributed by atoms with E-state index in [0.29, 0.717) is 24.1 Å². The molecule has 1 amide bonds. The van der Waals surface area contributed by atoms with Crippen LogP contribution in [0.25, 0.3) is 0 Å². The third-order valence-corrected chi connectivity index (χ3v) is 3.67. The van der Waals surface area contributed by atoms with Crippen LogP contribution in [-0.2, 0) is 11.2 Å². The van der Waals surface area contributed by atoms with E-state index in [9.17, 15) is 9.59 Å². The third kappa shape index (κ3) is 3.99. The number of amides is 1.